The molecule has 2 N–H and O–H groups in total. The van der Waals surface area contributed by atoms with E-state index in [-0.39, 0.29) is 24.2 Å². The van der Waals surface area contributed by atoms with Crippen LogP contribution in [0.3, 0.4) is 0 Å². The van der Waals surface area contributed by atoms with Crippen molar-refractivity contribution in [3.05, 3.63) is 12.4 Å². The summed E-state index contributed by atoms with van der Waals surface area (Å²) in [5.74, 6) is 2.39. The van der Waals surface area contributed by atoms with Gasteiger partial charge in [-0.2, -0.15) is 10.2 Å². The predicted molar refractivity (Wildman–Crippen MR) is 82.2 cm³/mol. The van der Waals surface area contributed by atoms with Crippen LogP contribution in [0.25, 0.3) is 0 Å². The first-order valence-corrected chi connectivity index (χ1v) is 7.58. The number of hydrogen-bond donors (Lipinski definition) is 2. The Kier molecular flexibility index (Phi) is 4.10. The minimum absolute atomic E-state index is 0.148. The summed E-state index contributed by atoms with van der Waals surface area (Å²) in [5, 5.41) is 13.6. The van der Waals surface area contributed by atoms with Crippen molar-refractivity contribution in [3.63, 3.8) is 0 Å². The summed E-state index contributed by atoms with van der Waals surface area (Å²) >= 11 is 0. The normalized spacial score (nSPS) is 20.3. The molecule has 0 radical (unpaired) electrons. The molecule has 2 aliphatic rings. The first kappa shape index (κ1) is 15.2. The third-order valence-corrected chi connectivity index (χ3v) is 4.07. The number of carbonyl (C=O) groups is 2. The number of nitrogens with zero attached hydrogens (tertiary/aromatic N) is 4. The summed E-state index contributed by atoms with van der Waals surface area (Å²) in [6.45, 7) is 0.937. The third kappa shape index (κ3) is 3.56. The molecule has 2 aliphatic heterocycles. The van der Waals surface area contributed by atoms with Crippen molar-refractivity contribution in [2.75, 3.05) is 11.9 Å². The molecule has 0 saturated heterocycles. The number of anilines is 1. The molecule has 23 heavy (non-hydrogen) atoms. The highest BCUT2D eigenvalue weighted by atomic mass is 16.2. The molecule has 0 aromatic carbocycles. The van der Waals surface area contributed by atoms with E-state index in [9.17, 15) is 9.59 Å². The third-order valence-electron chi connectivity index (χ3n) is 4.07. The first-order chi connectivity index (χ1) is 11.1. The van der Waals surface area contributed by atoms with Crippen LogP contribution in [0, 0.1) is 18.3 Å². The van der Waals surface area contributed by atoms with Gasteiger partial charge in [0.25, 0.3) is 0 Å². The Bertz CT molecular complexity index is 680. The molecule has 1 atom stereocenters. The Morgan fingerprint density at radius 3 is 3.09 bits per heavy atom. The summed E-state index contributed by atoms with van der Waals surface area (Å²) in [5.41, 5.74) is -0.395. The zero-order valence-electron chi connectivity index (χ0n) is 12.7. The topological polar surface area (TPSA) is 101 Å². The fourth-order valence-corrected chi connectivity index (χ4v) is 2.64. The van der Waals surface area contributed by atoms with E-state index in [2.05, 4.69) is 31.8 Å². The van der Waals surface area contributed by atoms with E-state index >= 15 is 0 Å². The molecule has 3 rings (SSSR count). The lowest BCUT2D eigenvalue weighted by atomic mass is 10.0. The number of nitrogens with one attached hydrogen (secondary N) is 2. The number of aromatic nitrogens is 2. The van der Waals surface area contributed by atoms with E-state index in [0.29, 0.717) is 38.3 Å². The summed E-state index contributed by atoms with van der Waals surface area (Å²) in [4.78, 5) is 28.0. The minimum Gasteiger partial charge on any atom is -0.356 e. The Labute approximate surface area is 133 Å². The summed E-state index contributed by atoms with van der Waals surface area (Å²) in [6.07, 6.45) is 10.8. The highest BCUT2D eigenvalue weighted by Crippen LogP contribution is 2.36. The van der Waals surface area contributed by atoms with Gasteiger partial charge in [-0.15, -0.1) is 12.3 Å². The molecule has 1 unspecified atom stereocenters. The van der Waals surface area contributed by atoms with Gasteiger partial charge in [0.2, 0.25) is 17.8 Å². The summed E-state index contributed by atoms with van der Waals surface area (Å²) in [6, 6.07) is 0. The van der Waals surface area contributed by atoms with Crippen LogP contribution in [0.5, 0.6) is 0 Å². The fraction of sp³-hybridized carbons (Fsp3) is 0.533. The number of imidazole rings is 1. The van der Waals surface area contributed by atoms with E-state index in [0.717, 1.165) is 0 Å². The van der Waals surface area contributed by atoms with Crippen LogP contribution >= 0.6 is 0 Å². The maximum absolute atomic E-state index is 12.0. The Morgan fingerprint density at radius 2 is 2.35 bits per heavy atom. The number of amides is 2. The van der Waals surface area contributed by atoms with Gasteiger partial charge in [0.1, 0.15) is 0 Å². The molecule has 0 aliphatic carbocycles. The molecule has 8 heteroatoms. The van der Waals surface area contributed by atoms with Gasteiger partial charge in [0.15, 0.2) is 5.66 Å². The SMILES string of the molecule is C#CCCC1(CCNC(=O)CC2Cn3ccnc3NC2=O)N=N1. The van der Waals surface area contributed by atoms with Crippen LogP contribution in [0.2, 0.25) is 0 Å². The molecule has 0 fully saturated rings. The van der Waals surface area contributed by atoms with Gasteiger partial charge in [0, 0.05) is 51.2 Å². The van der Waals surface area contributed by atoms with Gasteiger partial charge in [-0.1, -0.05) is 0 Å². The van der Waals surface area contributed by atoms with Crippen LogP contribution < -0.4 is 10.6 Å². The van der Waals surface area contributed by atoms with Crippen molar-refractivity contribution in [2.24, 2.45) is 16.1 Å². The van der Waals surface area contributed by atoms with Gasteiger partial charge in [-0.3, -0.25) is 14.9 Å². The van der Waals surface area contributed by atoms with Crippen molar-refractivity contribution in [1.82, 2.24) is 14.9 Å². The molecule has 2 amide bonds. The molecule has 0 saturated carbocycles. The van der Waals surface area contributed by atoms with E-state index in [1.165, 1.54) is 0 Å². The molecular formula is C15H18N6O2. The van der Waals surface area contributed by atoms with E-state index in [1.807, 2.05) is 4.57 Å². The highest BCUT2D eigenvalue weighted by Gasteiger charge is 2.38. The lowest BCUT2D eigenvalue weighted by molar-refractivity contribution is -0.128. The number of rotatable bonds is 7. The predicted octanol–water partition coefficient (Wildman–Crippen LogP) is 0.923. The average Bonchev–Trinajstić information content (AvgIpc) is 3.15. The minimum atomic E-state index is -0.395. The molecule has 0 bridgehead atoms. The second-order valence-corrected chi connectivity index (χ2v) is 5.78. The summed E-state index contributed by atoms with van der Waals surface area (Å²) in [7, 11) is 0. The van der Waals surface area contributed by atoms with Gasteiger partial charge in [-0.05, 0) is 0 Å². The molecule has 3 heterocycles. The van der Waals surface area contributed by atoms with E-state index < -0.39 is 5.66 Å². The number of terminal acetylenes is 1. The van der Waals surface area contributed by atoms with Gasteiger partial charge >= 0.3 is 0 Å². The zero-order valence-corrected chi connectivity index (χ0v) is 12.7. The second kappa shape index (κ2) is 6.20. The van der Waals surface area contributed by atoms with E-state index in [4.69, 9.17) is 6.42 Å². The lowest BCUT2D eigenvalue weighted by Gasteiger charge is -2.23. The highest BCUT2D eigenvalue weighted by molar-refractivity contribution is 5.95. The second-order valence-electron chi connectivity index (χ2n) is 5.78. The van der Waals surface area contributed by atoms with Crippen LogP contribution in [-0.4, -0.2) is 33.6 Å². The van der Waals surface area contributed by atoms with Gasteiger partial charge in [-0.25, -0.2) is 4.98 Å². The van der Waals surface area contributed by atoms with Crippen molar-refractivity contribution >= 4 is 17.8 Å². The first-order valence-electron chi connectivity index (χ1n) is 7.58. The molecule has 0 spiro atoms. The Balaban J connectivity index is 1.42. The molecule has 1 aromatic heterocycles. The van der Waals surface area contributed by atoms with Crippen LogP contribution in [0.1, 0.15) is 25.7 Å². The largest absolute Gasteiger partial charge is 0.356 e. The summed E-state index contributed by atoms with van der Waals surface area (Å²) < 4.78 is 1.83. The van der Waals surface area contributed by atoms with Crippen molar-refractivity contribution in [3.8, 4) is 12.3 Å². The molecule has 8 nitrogen and oxygen atoms in total. The Hall–Kier alpha value is -2.69. The average molecular weight is 314 g/mol. The fourth-order valence-electron chi connectivity index (χ4n) is 2.64. The maximum Gasteiger partial charge on any atom is 0.232 e. The number of carbonyl (C=O) groups excluding carboxylic acids is 2. The van der Waals surface area contributed by atoms with E-state index in [1.54, 1.807) is 12.4 Å². The maximum atomic E-state index is 12.0. The van der Waals surface area contributed by atoms with Crippen molar-refractivity contribution < 1.29 is 9.59 Å². The lowest BCUT2D eigenvalue weighted by Crippen LogP contribution is -2.38. The standard InChI is InChI=1S/C15H18N6O2/c1-2-3-4-15(19-20-15)5-6-16-12(22)9-11-10-21-8-7-17-14(21)18-13(11)23/h1,7-8,11H,3-6,9-10H2,(H,16,22)(H,17,18,23). The van der Waals surface area contributed by atoms with Gasteiger partial charge < -0.3 is 9.88 Å². The quantitative estimate of drug-likeness (QED) is 0.732. The molecule has 1 aromatic rings. The van der Waals surface area contributed by atoms with Crippen molar-refractivity contribution in [2.45, 2.75) is 37.9 Å². The smallest absolute Gasteiger partial charge is 0.232 e. The van der Waals surface area contributed by atoms with Crippen LogP contribution in [-0.2, 0) is 16.1 Å². The zero-order chi connectivity index (χ0) is 16.3. The molecule has 120 valence electrons. The van der Waals surface area contributed by atoms with Crippen molar-refractivity contribution in [1.29, 1.82) is 0 Å². The number of fused-ring (bicyclic) bond motifs is 1. The van der Waals surface area contributed by atoms with Gasteiger partial charge in [0.05, 0.1) is 5.92 Å². The molecular weight excluding hydrogens is 296 g/mol. The monoisotopic (exact) mass is 314 g/mol. The Morgan fingerprint density at radius 1 is 1.52 bits per heavy atom. The number of hydrogen-bond acceptors (Lipinski definition) is 5. The van der Waals surface area contributed by atoms with Crippen LogP contribution in [0.4, 0.5) is 5.95 Å². The van der Waals surface area contributed by atoms with Crippen LogP contribution in [0.15, 0.2) is 22.6 Å².